The van der Waals surface area contributed by atoms with Crippen LogP contribution in [0, 0.1) is 10.1 Å². The first-order valence-electron chi connectivity index (χ1n) is 10.6. The van der Waals surface area contributed by atoms with Gasteiger partial charge in [0, 0.05) is 29.5 Å². The van der Waals surface area contributed by atoms with E-state index in [-0.39, 0.29) is 40.9 Å². The van der Waals surface area contributed by atoms with Crippen molar-refractivity contribution in [1.82, 2.24) is 15.2 Å². The zero-order chi connectivity index (χ0) is 27.6. The van der Waals surface area contributed by atoms with E-state index in [9.17, 15) is 42.5 Å². The van der Waals surface area contributed by atoms with E-state index in [2.05, 4.69) is 10.3 Å². The van der Waals surface area contributed by atoms with E-state index in [0.29, 0.717) is 5.56 Å². The molecule has 1 aromatic heterocycles. The summed E-state index contributed by atoms with van der Waals surface area (Å²) < 4.78 is 42.2. The minimum absolute atomic E-state index is 0.0961. The van der Waals surface area contributed by atoms with Gasteiger partial charge in [-0.1, -0.05) is 0 Å². The highest BCUT2D eigenvalue weighted by molar-refractivity contribution is 8.00. The molecule has 200 valence electrons. The van der Waals surface area contributed by atoms with Gasteiger partial charge in [-0.3, -0.25) is 29.8 Å². The summed E-state index contributed by atoms with van der Waals surface area (Å²) in [5.74, 6) is -3.70. The Balaban J connectivity index is 1.26. The van der Waals surface area contributed by atoms with Crippen molar-refractivity contribution in [2.24, 2.45) is 0 Å². The van der Waals surface area contributed by atoms with E-state index in [1.54, 1.807) is 5.32 Å². The lowest BCUT2D eigenvalue weighted by Crippen LogP contribution is -2.68. The van der Waals surface area contributed by atoms with Gasteiger partial charge in [-0.15, -0.1) is 23.1 Å². The fourth-order valence-electron chi connectivity index (χ4n) is 3.38. The summed E-state index contributed by atoms with van der Waals surface area (Å²) >= 11 is 1.95. The van der Waals surface area contributed by atoms with Gasteiger partial charge >= 0.3 is 18.1 Å². The third kappa shape index (κ3) is 6.10. The number of amides is 3. The van der Waals surface area contributed by atoms with Crippen LogP contribution < -0.4 is 10.6 Å². The average Bonchev–Trinajstić information content (AvgIpc) is 3.31. The van der Waals surface area contributed by atoms with Crippen LogP contribution in [0.4, 0.5) is 24.0 Å². The van der Waals surface area contributed by atoms with Crippen LogP contribution in [0.5, 0.6) is 0 Å². The van der Waals surface area contributed by atoms with Crippen molar-refractivity contribution in [3.63, 3.8) is 0 Å². The molecule has 1 fully saturated rings. The van der Waals surface area contributed by atoms with Crippen LogP contribution in [0.25, 0.3) is 0 Å². The quantitative estimate of drug-likeness (QED) is 0.209. The minimum Gasteiger partial charge on any atom is -0.457 e. The molecule has 0 bridgehead atoms. The molecule has 17 heteroatoms. The van der Waals surface area contributed by atoms with Gasteiger partial charge < -0.3 is 15.0 Å². The Morgan fingerprint density at radius 2 is 1.95 bits per heavy atom. The Labute approximate surface area is 219 Å². The number of ether oxygens (including phenoxy) is 1. The minimum atomic E-state index is -5.07. The standard InChI is InChI=1S/C21H16F3N5O7S2/c22-21(23,24)19(33)27-20-25-12(9-38-20)5-14(30)26-15-16(31)28-6-11(8-37-17(15)28)18(32)36-7-10-1-3-13(4-2-10)29(34)35/h1-4,6,9,15,17H,5,7-8H2,(H,26,30)(H,25,27,33)/t15?,17-/m1/s1. The Kier molecular flexibility index (Phi) is 7.68. The largest absolute Gasteiger partial charge is 0.471 e. The molecule has 12 nitrogen and oxygen atoms in total. The number of nitro groups is 1. The zero-order valence-electron chi connectivity index (χ0n) is 18.9. The van der Waals surface area contributed by atoms with Gasteiger partial charge in [-0.2, -0.15) is 13.2 Å². The highest BCUT2D eigenvalue weighted by Gasteiger charge is 2.50. The number of halogens is 3. The molecule has 3 heterocycles. The lowest BCUT2D eigenvalue weighted by atomic mass is 10.1. The van der Waals surface area contributed by atoms with Gasteiger partial charge in [0.2, 0.25) is 5.91 Å². The summed E-state index contributed by atoms with van der Waals surface area (Å²) in [6.45, 7) is -0.118. The third-order valence-corrected chi connectivity index (χ3v) is 7.38. The van der Waals surface area contributed by atoms with Crippen molar-refractivity contribution in [3.05, 3.63) is 62.8 Å². The first-order chi connectivity index (χ1) is 17.9. The molecule has 4 rings (SSSR count). The zero-order valence-corrected chi connectivity index (χ0v) is 20.5. The number of anilines is 1. The van der Waals surface area contributed by atoms with E-state index < -0.39 is 46.2 Å². The number of benzene rings is 1. The summed E-state index contributed by atoms with van der Waals surface area (Å²) in [7, 11) is 0. The molecule has 0 radical (unpaired) electrons. The van der Waals surface area contributed by atoms with Crippen molar-refractivity contribution < 1.29 is 42.0 Å². The second-order valence-corrected chi connectivity index (χ2v) is 9.88. The fraction of sp³-hybridized carbons (Fsp3) is 0.286. The van der Waals surface area contributed by atoms with Crippen LogP contribution in [0.15, 0.2) is 41.4 Å². The monoisotopic (exact) mass is 571 g/mol. The summed E-state index contributed by atoms with van der Waals surface area (Å²) in [6.07, 6.45) is -4.05. The smallest absolute Gasteiger partial charge is 0.457 e. The molecule has 38 heavy (non-hydrogen) atoms. The number of rotatable bonds is 8. The van der Waals surface area contributed by atoms with Crippen molar-refractivity contribution in [1.29, 1.82) is 0 Å². The number of hydrogen-bond acceptors (Lipinski definition) is 10. The Morgan fingerprint density at radius 1 is 1.24 bits per heavy atom. The van der Waals surface area contributed by atoms with Gasteiger partial charge in [-0.05, 0) is 17.7 Å². The van der Waals surface area contributed by atoms with E-state index in [0.717, 1.165) is 11.3 Å². The number of nitrogens with zero attached hydrogens (tertiary/aromatic N) is 3. The average molecular weight is 572 g/mol. The van der Waals surface area contributed by atoms with Crippen molar-refractivity contribution in [2.45, 2.75) is 30.6 Å². The highest BCUT2D eigenvalue weighted by atomic mass is 32.2. The lowest BCUT2D eigenvalue weighted by molar-refractivity contribution is -0.384. The number of carbonyl (C=O) groups excluding carboxylic acids is 4. The van der Waals surface area contributed by atoms with E-state index in [1.165, 1.54) is 52.5 Å². The van der Waals surface area contributed by atoms with Crippen LogP contribution >= 0.6 is 23.1 Å². The molecular weight excluding hydrogens is 555 g/mol. The molecule has 1 unspecified atom stereocenters. The first-order valence-corrected chi connectivity index (χ1v) is 12.5. The molecule has 3 amide bonds. The summed E-state index contributed by atoms with van der Waals surface area (Å²) in [5.41, 5.74) is 0.787. The maximum Gasteiger partial charge on any atom is 0.471 e. The number of carbonyl (C=O) groups is 4. The second-order valence-electron chi connectivity index (χ2n) is 7.92. The molecule has 2 atom stereocenters. The Hall–Kier alpha value is -3.99. The van der Waals surface area contributed by atoms with Crippen LogP contribution in [0.3, 0.4) is 0 Å². The highest BCUT2D eigenvalue weighted by Crippen LogP contribution is 2.36. The maximum atomic E-state index is 12.5. The number of alkyl halides is 3. The molecule has 2 aliphatic heterocycles. The predicted octanol–water partition coefficient (Wildman–Crippen LogP) is 2.12. The molecule has 0 spiro atoms. The van der Waals surface area contributed by atoms with Gasteiger partial charge in [0.05, 0.1) is 22.6 Å². The molecule has 2 N–H and O–H groups in total. The number of thiazole rings is 1. The number of hydrogen-bond donors (Lipinski definition) is 2. The topological polar surface area (TPSA) is 161 Å². The summed E-state index contributed by atoms with van der Waals surface area (Å²) in [4.78, 5) is 63.5. The van der Waals surface area contributed by atoms with Crippen molar-refractivity contribution in [2.75, 3.05) is 11.1 Å². The molecule has 0 saturated carbocycles. The van der Waals surface area contributed by atoms with Gasteiger partial charge in [-0.25, -0.2) is 9.78 Å². The van der Waals surface area contributed by atoms with Crippen LogP contribution in [-0.2, 0) is 36.9 Å². The number of esters is 1. The van der Waals surface area contributed by atoms with Crippen LogP contribution in [0.2, 0.25) is 0 Å². The SMILES string of the molecule is O=C(Cc1csc(NC(=O)C(F)(F)F)n1)NC1C(=O)N2C=C(C(=O)OCc3ccc([N+](=O)[O-])cc3)CS[C@H]12. The number of thioether (sulfide) groups is 1. The second kappa shape index (κ2) is 10.8. The number of non-ortho nitro benzene ring substituents is 1. The molecule has 2 aliphatic rings. The summed E-state index contributed by atoms with van der Waals surface area (Å²) in [5, 5.41) is 15.4. The molecule has 1 aromatic carbocycles. The summed E-state index contributed by atoms with van der Waals surface area (Å²) in [6, 6.07) is 4.63. The van der Waals surface area contributed by atoms with E-state index >= 15 is 0 Å². The van der Waals surface area contributed by atoms with Gasteiger partial charge in [0.15, 0.2) is 5.13 Å². The Bertz CT molecular complexity index is 1330. The van der Waals surface area contributed by atoms with Crippen molar-refractivity contribution >= 4 is 57.6 Å². The fourth-order valence-corrected chi connectivity index (χ4v) is 5.33. The molecule has 2 aromatic rings. The normalized spacial score (nSPS) is 18.6. The molecule has 0 aliphatic carbocycles. The number of nitrogens with one attached hydrogen (secondary N) is 2. The van der Waals surface area contributed by atoms with Gasteiger partial charge in [0.25, 0.3) is 11.6 Å². The number of aromatic nitrogens is 1. The first kappa shape index (κ1) is 27.1. The van der Waals surface area contributed by atoms with Crippen LogP contribution in [0.1, 0.15) is 11.3 Å². The van der Waals surface area contributed by atoms with Crippen LogP contribution in [-0.4, -0.2) is 61.8 Å². The molecule has 1 saturated heterocycles. The lowest BCUT2D eigenvalue weighted by Gasteiger charge is -2.47. The Morgan fingerprint density at radius 3 is 2.61 bits per heavy atom. The maximum absolute atomic E-state index is 12.5. The van der Waals surface area contributed by atoms with Gasteiger partial charge in [0.1, 0.15) is 18.0 Å². The van der Waals surface area contributed by atoms with Crippen molar-refractivity contribution in [3.8, 4) is 0 Å². The third-order valence-electron chi connectivity index (χ3n) is 5.25. The number of fused-ring (bicyclic) bond motifs is 1. The van der Waals surface area contributed by atoms with E-state index in [1.807, 2.05) is 0 Å². The molecular formula is C21H16F3N5O7S2. The van der Waals surface area contributed by atoms with E-state index in [4.69, 9.17) is 4.74 Å². The number of β-lactam (4-membered cyclic amide) rings is 1. The predicted molar refractivity (Wildman–Crippen MR) is 127 cm³/mol. The number of nitro benzene ring substituents is 1.